The largest absolute Gasteiger partial charge is 0.500 e. The Bertz CT molecular complexity index is 309. The topological polar surface area (TPSA) is 43.3 Å². The monoisotopic (exact) mass is 330 g/mol. The Kier molecular flexibility index (Phi) is 10.1. The van der Waals surface area contributed by atoms with Crippen LogP contribution in [0.5, 0.6) is 0 Å². The third kappa shape index (κ3) is 6.87. The molecule has 0 bridgehead atoms. The summed E-state index contributed by atoms with van der Waals surface area (Å²) < 4.78 is 17.6. The molecule has 0 aromatic heterocycles. The highest BCUT2D eigenvalue weighted by Crippen LogP contribution is 2.18. The molecular weight excluding hydrogens is 296 g/mol. The van der Waals surface area contributed by atoms with Gasteiger partial charge in [-0.15, -0.1) is 0 Å². The third-order valence-corrected chi connectivity index (χ3v) is 7.01. The molecule has 0 N–H and O–H groups in total. The van der Waals surface area contributed by atoms with Crippen LogP contribution < -0.4 is 0 Å². The number of nitrogens with zero attached hydrogens (tertiary/aromatic N) is 2. The van der Waals surface area contributed by atoms with Gasteiger partial charge in [-0.05, 0) is 53.1 Å². The number of likely N-dealkylation sites (tertiary alicyclic amines) is 1. The van der Waals surface area contributed by atoms with Crippen molar-refractivity contribution in [2.24, 2.45) is 4.99 Å². The van der Waals surface area contributed by atoms with E-state index in [-0.39, 0.29) is 0 Å². The molecule has 130 valence electrons. The van der Waals surface area contributed by atoms with Crippen molar-refractivity contribution in [1.29, 1.82) is 0 Å². The van der Waals surface area contributed by atoms with Crippen molar-refractivity contribution < 1.29 is 13.3 Å². The molecule has 0 saturated carbocycles. The summed E-state index contributed by atoms with van der Waals surface area (Å²) in [5.41, 5.74) is 1.35. The van der Waals surface area contributed by atoms with Crippen LogP contribution in [0.3, 0.4) is 0 Å². The highest BCUT2D eigenvalue weighted by Gasteiger charge is 2.39. The molecule has 1 saturated heterocycles. The summed E-state index contributed by atoms with van der Waals surface area (Å²) in [5.74, 6) is 0. The summed E-state index contributed by atoms with van der Waals surface area (Å²) in [5, 5.41) is 0. The Morgan fingerprint density at radius 1 is 1.05 bits per heavy atom. The van der Waals surface area contributed by atoms with Gasteiger partial charge in [0.1, 0.15) is 0 Å². The average Bonchev–Trinajstić information content (AvgIpc) is 2.53. The Labute approximate surface area is 137 Å². The lowest BCUT2D eigenvalue weighted by molar-refractivity contribution is 0.0710. The fraction of sp³-hybridized carbons (Fsp3) is 0.938. The van der Waals surface area contributed by atoms with Gasteiger partial charge in [-0.1, -0.05) is 6.92 Å². The van der Waals surface area contributed by atoms with E-state index in [1.165, 1.54) is 18.7 Å². The lowest BCUT2D eigenvalue weighted by Gasteiger charge is -2.28. The maximum Gasteiger partial charge on any atom is 0.500 e. The normalized spacial score (nSPS) is 19.0. The van der Waals surface area contributed by atoms with Crippen LogP contribution in [0.15, 0.2) is 4.99 Å². The van der Waals surface area contributed by atoms with E-state index in [0.717, 1.165) is 38.5 Å². The fourth-order valence-corrected chi connectivity index (χ4v) is 5.45. The van der Waals surface area contributed by atoms with Crippen LogP contribution in [0.25, 0.3) is 0 Å². The molecule has 0 aromatic rings. The van der Waals surface area contributed by atoms with Crippen molar-refractivity contribution >= 4 is 14.5 Å². The Balaban J connectivity index is 2.44. The Morgan fingerprint density at radius 2 is 1.68 bits per heavy atom. The Morgan fingerprint density at radius 3 is 2.23 bits per heavy atom. The van der Waals surface area contributed by atoms with Gasteiger partial charge in [-0.2, -0.15) is 0 Å². The molecule has 0 unspecified atom stereocenters. The van der Waals surface area contributed by atoms with Gasteiger partial charge in [0.15, 0.2) is 0 Å². The molecule has 5 nitrogen and oxygen atoms in total. The van der Waals surface area contributed by atoms with E-state index in [9.17, 15) is 0 Å². The van der Waals surface area contributed by atoms with Crippen molar-refractivity contribution in [2.45, 2.75) is 53.0 Å². The molecule has 0 spiro atoms. The van der Waals surface area contributed by atoms with Crippen LogP contribution in [0, 0.1) is 0 Å². The minimum Gasteiger partial charge on any atom is -0.374 e. The van der Waals surface area contributed by atoms with Gasteiger partial charge in [0.05, 0.1) is 0 Å². The number of aliphatic imine (C=N–C) groups is 1. The molecule has 0 atom stereocenters. The maximum atomic E-state index is 5.87. The minimum atomic E-state index is -2.48. The molecule has 1 heterocycles. The van der Waals surface area contributed by atoms with Crippen LogP contribution >= 0.6 is 0 Å². The van der Waals surface area contributed by atoms with Crippen molar-refractivity contribution in [3.63, 3.8) is 0 Å². The first-order chi connectivity index (χ1) is 10.7. The smallest absolute Gasteiger partial charge is 0.374 e. The first-order valence-corrected chi connectivity index (χ1v) is 10.8. The minimum absolute atomic E-state index is 0.645. The predicted octanol–water partition coefficient (Wildman–Crippen LogP) is 2.98. The zero-order valence-corrected chi connectivity index (χ0v) is 15.9. The van der Waals surface area contributed by atoms with Gasteiger partial charge in [0.25, 0.3) is 0 Å². The molecule has 0 aromatic carbocycles. The summed E-state index contributed by atoms with van der Waals surface area (Å²) in [4.78, 5) is 7.26. The predicted molar refractivity (Wildman–Crippen MR) is 93.7 cm³/mol. The summed E-state index contributed by atoms with van der Waals surface area (Å²) >= 11 is 0. The number of hydrogen-bond acceptors (Lipinski definition) is 5. The summed E-state index contributed by atoms with van der Waals surface area (Å²) in [7, 11) is -2.48. The third-order valence-electron chi connectivity index (χ3n) is 3.86. The average molecular weight is 331 g/mol. The number of hydrogen-bond donors (Lipinski definition) is 0. The van der Waals surface area contributed by atoms with E-state index in [1.54, 1.807) is 0 Å². The first-order valence-electron chi connectivity index (χ1n) is 8.86. The standard InChI is InChI=1S/C16H34N2O3Si/c1-5-18-13-9-11-16(15-18)17-12-10-14-22(19-6-2,20-7-3)21-8-4/h5-15H2,1-4H3. The molecule has 0 amide bonds. The highest BCUT2D eigenvalue weighted by atomic mass is 28.4. The van der Waals surface area contributed by atoms with E-state index >= 15 is 0 Å². The van der Waals surface area contributed by atoms with Gasteiger partial charge >= 0.3 is 8.80 Å². The molecule has 1 rings (SSSR count). The van der Waals surface area contributed by atoms with Crippen molar-refractivity contribution in [2.75, 3.05) is 46.0 Å². The van der Waals surface area contributed by atoms with Gasteiger partial charge in [-0.3, -0.25) is 9.89 Å². The van der Waals surface area contributed by atoms with Gasteiger partial charge in [0.2, 0.25) is 0 Å². The highest BCUT2D eigenvalue weighted by molar-refractivity contribution is 6.60. The molecule has 1 fully saturated rings. The fourth-order valence-electron chi connectivity index (χ4n) is 2.86. The van der Waals surface area contributed by atoms with Crippen LogP contribution in [-0.2, 0) is 13.3 Å². The van der Waals surface area contributed by atoms with Crippen LogP contribution in [-0.4, -0.2) is 65.4 Å². The van der Waals surface area contributed by atoms with E-state index in [4.69, 9.17) is 18.3 Å². The van der Waals surface area contributed by atoms with Crippen LogP contribution in [0.1, 0.15) is 47.0 Å². The lowest BCUT2D eigenvalue weighted by Crippen LogP contribution is -2.46. The second-order valence-electron chi connectivity index (χ2n) is 5.51. The van der Waals surface area contributed by atoms with Crippen molar-refractivity contribution in [3.8, 4) is 0 Å². The van der Waals surface area contributed by atoms with Gasteiger partial charge in [-0.25, -0.2) is 0 Å². The molecule has 22 heavy (non-hydrogen) atoms. The molecular formula is C16H34N2O3Si. The maximum absolute atomic E-state index is 5.87. The Hall–Kier alpha value is -0.273. The zero-order chi connectivity index (χ0) is 16.3. The van der Waals surface area contributed by atoms with E-state index < -0.39 is 8.80 Å². The molecule has 0 radical (unpaired) electrons. The van der Waals surface area contributed by atoms with E-state index in [2.05, 4.69) is 11.8 Å². The molecule has 1 aliphatic rings. The molecule has 1 aliphatic heterocycles. The number of rotatable bonds is 11. The first kappa shape index (κ1) is 19.8. The number of piperidine rings is 1. The van der Waals surface area contributed by atoms with E-state index in [1.807, 2.05) is 20.8 Å². The zero-order valence-electron chi connectivity index (χ0n) is 14.9. The quantitative estimate of drug-likeness (QED) is 0.431. The second-order valence-corrected chi connectivity index (χ2v) is 8.24. The van der Waals surface area contributed by atoms with Gasteiger partial charge < -0.3 is 13.3 Å². The molecule has 6 heteroatoms. The van der Waals surface area contributed by atoms with Crippen molar-refractivity contribution in [3.05, 3.63) is 0 Å². The summed E-state index contributed by atoms with van der Waals surface area (Å²) in [6, 6.07) is 0.858. The van der Waals surface area contributed by atoms with Crippen LogP contribution in [0.2, 0.25) is 6.04 Å². The lowest BCUT2D eigenvalue weighted by atomic mass is 10.1. The second kappa shape index (κ2) is 11.3. The van der Waals surface area contributed by atoms with E-state index in [0.29, 0.717) is 19.8 Å². The summed E-state index contributed by atoms with van der Waals surface area (Å²) in [6.45, 7) is 14.4. The van der Waals surface area contributed by atoms with Crippen molar-refractivity contribution in [1.82, 2.24) is 4.90 Å². The van der Waals surface area contributed by atoms with Gasteiger partial charge in [0, 0.05) is 44.7 Å². The molecule has 0 aliphatic carbocycles. The SMILES string of the molecule is CCO[Si](CCCN=C1CCCN(CC)C1)(OCC)OCC. The summed E-state index contributed by atoms with van der Waals surface area (Å²) in [6.07, 6.45) is 3.37. The van der Waals surface area contributed by atoms with Crippen LogP contribution in [0.4, 0.5) is 0 Å².